The Morgan fingerprint density at radius 3 is 2.47 bits per heavy atom. The minimum absolute atomic E-state index is 0.0297. The van der Waals surface area contributed by atoms with Crippen molar-refractivity contribution in [1.82, 2.24) is 24.8 Å². The summed E-state index contributed by atoms with van der Waals surface area (Å²) >= 11 is 0. The topological polar surface area (TPSA) is 91.6 Å². The highest BCUT2D eigenvalue weighted by molar-refractivity contribution is 7.85. The molecule has 2 aromatic heterocycles. The van der Waals surface area contributed by atoms with Gasteiger partial charge in [-0.1, -0.05) is 24.3 Å². The second-order valence-electron chi connectivity index (χ2n) is 9.40. The number of carbonyl (C=O) groups is 1. The van der Waals surface area contributed by atoms with E-state index in [0.29, 0.717) is 17.6 Å². The summed E-state index contributed by atoms with van der Waals surface area (Å²) < 4.78 is 13.4. The van der Waals surface area contributed by atoms with Gasteiger partial charge in [0, 0.05) is 71.0 Å². The summed E-state index contributed by atoms with van der Waals surface area (Å²) in [6, 6.07) is 20.3. The average molecular weight is 501 g/mol. The molecule has 1 aliphatic heterocycles. The van der Waals surface area contributed by atoms with Crippen LogP contribution in [0.5, 0.6) is 0 Å². The Labute approximate surface area is 212 Å². The molecule has 1 aliphatic carbocycles. The molecule has 1 saturated carbocycles. The maximum atomic E-state index is 12.2. The molecular formula is C27H28N6O2S. The van der Waals surface area contributed by atoms with Gasteiger partial charge in [-0.05, 0) is 60.4 Å². The quantitative estimate of drug-likeness (QED) is 0.403. The van der Waals surface area contributed by atoms with E-state index in [1.807, 2.05) is 36.5 Å². The zero-order valence-electron chi connectivity index (χ0n) is 19.9. The molecule has 0 spiro atoms. The Hall–Kier alpha value is -3.56. The van der Waals surface area contributed by atoms with Gasteiger partial charge >= 0.3 is 0 Å². The van der Waals surface area contributed by atoms with Crippen LogP contribution in [0.3, 0.4) is 0 Å². The lowest BCUT2D eigenvalue weighted by Gasteiger charge is -2.26. The predicted molar refractivity (Wildman–Crippen MR) is 142 cm³/mol. The normalized spacial score (nSPS) is 16.8. The van der Waals surface area contributed by atoms with E-state index < -0.39 is 10.8 Å². The van der Waals surface area contributed by atoms with Crippen LogP contribution < -0.4 is 10.6 Å². The molecular weight excluding hydrogens is 472 g/mol. The van der Waals surface area contributed by atoms with Crippen molar-refractivity contribution in [3.8, 4) is 11.1 Å². The molecule has 1 amide bonds. The van der Waals surface area contributed by atoms with E-state index in [1.54, 1.807) is 4.52 Å². The Morgan fingerprint density at radius 2 is 1.75 bits per heavy atom. The van der Waals surface area contributed by atoms with Gasteiger partial charge in [0.15, 0.2) is 5.65 Å². The Bertz CT molecular complexity index is 1400. The van der Waals surface area contributed by atoms with E-state index in [0.717, 1.165) is 66.4 Å². The van der Waals surface area contributed by atoms with Crippen LogP contribution in [0.4, 0.5) is 11.6 Å². The molecule has 1 saturated heterocycles. The van der Waals surface area contributed by atoms with Crippen molar-refractivity contribution in [2.24, 2.45) is 0 Å². The molecule has 0 atom stereocenters. The maximum Gasteiger partial charge on any atom is 0.251 e. The lowest BCUT2D eigenvalue weighted by atomic mass is 10.0. The minimum atomic E-state index is -0.653. The molecule has 2 aliphatic rings. The first-order valence-corrected chi connectivity index (χ1v) is 13.8. The van der Waals surface area contributed by atoms with Crippen molar-refractivity contribution in [1.29, 1.82) is 0 Å². The molecule has 0 unspecified atom stereocenters. The summed E-state index contributed by atoms with van der Waals surface area (Å²) in [6.45, 7) is 2.65. The SMILES string of the molecule is O=C(NC1CC1)c1ccc(Nc2nc3c(-c4ccc(CN5CCS(=O)CC5)cc4)cccn3n2)cc1. The van der Waals surface area contributed by atoms with Gasteiger partial charge in [-0.25, -0.2) is 4.52 Å². The number of hydrogen-bond donors (Lipinski definition) is 2. The molecule has 2 N–H and O–H groups in total. The van der Waals surface area contributed by atoms with Gasteiger partial charge in [0.1, 0.15) is 0 Å². The van der Waals surface area contributed by atoms with Crippen molar-refractivity contribution in [2.75, 3.05) is 29.9 Å². The van der Waals surface area contributed by atoms with Gasteiger partial charge < -0.3 is 10.6 Å². The predicted octanol–water partition coefficient (Wildman–Crippen LogP) is 3.60. The number of nitrogens with zero attached hydrogens (tertiary/aromatic N) is 4. The van der Waals surface area contributed by atoms with E-state index in [4.69, 9.17) is 4.98 Å². The summed E-state index contributed by atoms with van der Waals surface area (Å²) in [6.07, 6.45) is 4.02. The first-order valence-electron chi connectivity index (χ1n) is 12.3. The lowest BCUT2D eigenvalue weighted by molar-refractivity contribution is 0.0951. The van der Waals surface area contributed by atoms with E-state index >= 15 is 0 Å². The number of benzene rings is 2. The fourth-order valence-electron chi connectivity index (χ4n) is 4.40. The molecule has 9 heteroatoms. The summed E-state index contributed by atoms with van der Waals surface area (Å²) in [4.78, 5) is 19.3. The third kappa shape index (κ3) is 5.17. The number of carbonyl (C=O) groups excluding carboxylic acids is 1. The van der Waals surface area contributed by atoms with Gasteiger partial charge in [-0.3, -0.25) is 13.9 Å². The fourth-order valence-corrected chi connectivity index (χ4v) is 5.52. The van der Waals surface area contributed by atoms with Crippen molar-refractivity contribution >= 4 is 34.0 Å². The highest BCUT2D eigenvalue weighted by Gasteiger charge is 2.23. The van der Waals surface area contributed by atoms with Crippen LogP contribution in [0.2, 0.25) is 0 Å². The Morgan fingerprint density at radius 1 is 1.00 bits per heavy atom. The summed E-state index contributed by atoms with van der Waals surface area (Å²) in [5.41, 5.74) is 5.57. The smallest absolute Gasteiger partial charge is 0.251 e. The summed E-state index contributed by atoms with van der Waals surface area (Å²) in [7, 11) is -0.653. The standard InChI is InChI=1S/C27H28N6O2S/c34-26(28-22-11-12-22)21-7-9-23(10-8-21)29-27-30-25-24(2-1-13-33(25)31-27)20-5-3-19(4-6-20)18-32-14-16-36(35)17-15-32/h1-10,13,22H,11-12,14-18H2,(H,28,34)(H,29,31). The number of pyridine rings is 1. The van der Waals surface area contributed by atoms with Gasteiger partial charge in [0.25, 0.3) is 5.91 Å². The number of hydrogen-bond acceptors (Lipinski definition) is 6. The van der Waals surface area contributed by atoms with E-state index in [-0.39, 0.29) is 5.91 Å². The first kappa shape index (κ1) is 22.9. The maximum absolute atomic E-state index is 12.2. The second-order valence-corrected chi connectivity index (χ2v) is 11.1. The van der Waals surface area contributed by atoms with Crippen molar-refractivity contribution in [3.63, 3.8) is 0 Å². The molecule has 6 rings (SSSR count). The van der Waals surface area contributed by atoms with Crippen LogP contribution in [-0.4, -0.2) is 60.3 Å². The van der Waals surface area contributed by atoms with Crippen LogP contribution in [0.25, 0.3) is 16.8 Å². The molecule has 184 valence electrons. The molecule has 2 fully saturated rings. The number of amides is 1. The fraction of sp³-hybridized carbons (Fsp3) is 0.296. The van der Waals surface area contributed by atoms with E-state index in [2.05, 4.69) is 51.0 Å². The number of aromatic nitrogens is 3. The first-order chi connectivity index (χ1) is 17.6. The van der Waals surface area contributed by atoms with Crippen LogP contribution >= 0.6 is 0 Å². The Kier molecular flexibility index (Phi) is 6.25. The molecule has 0 bridgehead atoms. The van der Waals surface area contributed by atoms with Crippen LogP contribution in [0.1, 0.15) is 28.8 Å². The molecule has 36 heavy (non-hydrogen) atoms. The average Bonchev–Trinajstić information content (AvgIpc) is 3.62. The summed E-state index contributed by atoms with van der Waals surface area (Å²) in [5.74, 6) is 2.00. The van der Waals surface area contributed by atoms with Crippen LogP contribution in [-0.2, 0) is 17.3 Å². The van der Waals surface area contributed by atoms with Crippen molar-refractivity contribution < 1.29 is 9.00 Å². The third-order valence-corrected chi connectivity index (χ3v) is 7.90. The van der Waals surface area contributed by atoms with Crippen molar-refractivity contribution in [3.05, 3.63) is 78.0 Å². The van der Waals surface area contributed by atoms with Crippen LogP contribution in [0, 0.1) is 0 Å². The van der Waals surface area contributed by atoms with Gasteiger partial charge in [0.2, 0.25) is 5.95 Å². The largest absolute Gasteiger partial charge is 0.349 e. The van der Waals surface area contributed by atoms with E-state index in [9.17, 15) is 9.00 Å². The highest BCUT2D eigenvalue weighted by atomic mass is 32.2. The lowest BCUT2D eigenvalue weighted by Crippen LogP contribution is -2.37. The zero-order valence-corrected chi connectivity index (χ0v) is 20.7. The van der Waals surface area contributed by atoms with Gasteiger partial charge in [-0.15, -0.1) is 5.10 Å². The van der Waals surface area contributed by atoms with Crippen molar-refractivity contribution in [2.45, 2.75) is 25.4 Å². The number of rotatable bonds is 7. The van der Waals surface area contributed by atoms with Gasteiger partial charge in [-0.2, -0.15) is 4.98 Å². The molecule has 3 heterocycles. The monoisotopic (exact) mass is 500 g/mol. The molecule has 4 aromatic rings. The second kappa shape index (κ2) is 9.83. The van der Waals surface area contributed by atoms with Gasteiger partial charge in [0.05, 0.1) is 0 Å². The molecule has 8 nitrogen and oxygen atoms in total. The molecule has 2 aromatic carbocycles. The molecule has 0 radical (unpaired) electrons. The third-order valence-electron chi connectivity index (χ3n) is 6.62. The van der Waals surface area contributed by atoms with E-state index in [1.165, 1.54) is 5.56 Å². The minimum Gasteiger partial charge on any atom is -0.349 e. The number of anilines is 2. The Balaban J connectivity index is 1.16. The highest BCUT2D eigenvalue weighted by Crippen LogP contribution is 2.26. The number of fused-ring (bicyclic) bond motifs is 1. The van der Waals surface area contributed by atoms with Crippen LogP contribution in [0.15, 0.2) is 66.9 Å². The number of nitrogens with one attached hydrogen (secondary N) is 2. The summed E-state index contributed by atoms with van der Waals surface area (Å²) in [5, 5.41) is 10.8. The zero-order chi connectivity index (χ0) is 24.5.